The standard InChI is InChI=1S/C16H15N5O/c22-16(20-15-3-1-2-8-18-15)19-14-6-4-13(5-7-14)11-21-10-9-17-12-21/h1-10,12H,11H2,(H2,18,19,20,22). The van der Waals surface area contributed by atoms with Gasteiger partial charge in [0.15, 0.2) is 0 Å². The first-order valence-corrected chi connectivity index (χ1v) is 6.83. The summed E-state index contributed by atoms with van der Waals surface area (Å²) in [6.07, 6.45) is 7.05. The van der Waals surface area contributed by atoms with Crippen LogP contribution in [-0.2, 0) is 6.54 Å². The van der Waals surface area contributed by atoms with Gasteiger partial charge in [0.25, 0.3) is 0 Å². The van der Waals surface area contributed by atoms with Crippen molar-refractivity contribution >= 4 is 17.5 Å². The predicted octanol–water partition coefficient (Wildman–Crippen LogP) is 2.97. The summed E-state index contributed by atoms with van der Waals surface area (Å²) < 4.78 is 1.98. The fourth-order valence-corrected chi connectivity index (χ4v) is 2.00. The summed E-state index contributed by atoms with van der Waals surface area (Å²) in [6.45, 7) is 0.750. The third-order valence-electron chi connectivity index (χ3n) is 3.04. The topological polar surface area (TPSA) is 71.8 Å². The second-order valence-corrected chi connectivity index (χ2v) is 4.73. The Morgan fingerprint density at radius 2 is 1.91 bits per heavy atom. The van der Waals surface area contributed by atoms with Crippen molar-refractivity contribution in [3.63, 3.8) is 0 Å². The summed E-state index contributed by atoms with van der Waals surface area (Å²) in [5.74, 6) is 0.511. The number of carbonyl (C=O) groups is 1. The largest absolute Gasteiger partial charge is 0.333 e. The molecule has 0 aliphatic rings. The molecule has 0 saturated carbocycles. The van der Waals surface area contributed by atoms with Crippen molar-refractivity contribution in [2.45, 2.75) is 6.54 Å². The average Bonchev–Trinajstić information content (AvgIpc) is 3.03. The molecule has 0 atom stereocenters. The molecule has 110 valence electrons. The summed E-state index contributed by atoms with van der Waals surface area (Å²) in [7, 11) is 0. The summed E-state index contributed by atoms with van der Waals surface area (Å²) in [5.41, 5.74) is 1.86. The first-order chi connectivity index (χ1) is 10.8. The number of carbonyl (C=O) groups excluding carboxylic acids is 1. The maximum Gasteiger partial charge on any atom is 0.324 e. The minimum absolute atomic E-state index is 0.318. The van der Waals surface area contributed by atoms with E-state index < -0.39 is 0 Å². The number of rotatable bonds is 4. The van der Waals surface area contributed by atoms with Crippen LogP contribution in [0.4, 0.5) is 16.3 Å². The Balaban J connectivity index is 1.57. The minimum atomic E-state index is -0.318. The van der Waals surface area contributed by atoms with Gasteiger partial charge >= 0.3 is 6.03 Å². The number of anilines is 2. The molecule has 2 N–H and O–H groups in total. The molecule has 3 rings (SSSR count). The molecule has 2 amide bonds. The van der Waals surface area contributed by atoms with Crippen LogP contribution in [0.5, 0.6) is 0 Å². The molecule has 6 nitrogen and oxygen atoms in total. The van der Waals surface area contributed by atoms with Crippen LogP contribution in [0, 0.1) is 0 Å². The Morgan fingerprint density at radius 3 is 2.59 bits per heavy atom. The van der Waals surface area contributed by atoms with E-state index in [0.717, 1.165) is 17.8 Å². The highest BCUT2D eigenvalue weighted by Crippen LogP contribution is 2.11. The summed E-state index contributed by atoms with van der Waals surface area (Å²) in [6, 6.07) is 12.7. The van der Waals surface area contributed by atoms with Crippen LogP contribution in [0.25, 0.3) is 0 Å². The molecule has 0 spiro atoms. The lowest BCUT2D eigenvalue weighted by atomic mass is 10.2. The molecule has 1 aromatic carbocycles. The molecule has 22 heavy (non-hydrogen) atoms. The highest BCUT2D eigenvalue weighted by molar-refractivity contribution is 5.99. The lowest BCUT2D eigenvalue weighted by Crippen LogP contribution is -2.19. The highest BCUT2D eigenvalue weighted by Gasteiger charge is 2.03. The number of nitrogens with one attached hydrogen (secondary N) is 2. The van der Waals surface area contributed by atoms with Crippen LogP contribution in [0.3, 0.4) is 0 Å². The van der Waals surface area contributed by atoms with Crippen LogP contribution >= 0.6 is 0 Å². The number of imidazole rings is 1. The van der Waals surface area contributed by atoms with Crippen LogP contribution in [0.1, 0.15) is 5.56 Å². The van der Waals surface area contributed by atoms with Gasteiger partial charge in [-0.25, -0.2) is 14.8 Å². The summed E-state index contributed by atoms with van der Waals surface area (Å²) >= 11 is 0. The molecular weight excluding hydrogens is 278 g/mol. The van der Waals surface area contributed by atoms with Gasteiger partial charge in [-0.1, -0.05) is 18.2 Å². The van der Waals surface area contributed by atoms with E-state index in [9.17, 15) is 4.79 Å². The number of aromatic nitrogens is 3. The molecule has 0 radical (unpaired) electrons. The van der Waals surface area contributed by atoms with Crippen molar-refractivity contribution < 1.29 is 4.79 Å². The lowest BCUT2D eigenvalue weighted by molar-refractivity contribution is 0.262. The maximum atomic E-state index is 11.8. The monoisotopic (exact) mass is 293 g/mol. The van der Waals surface area contributed by atoms with E-state index >= 15 is 0 Å². The van der Waals surface area contributed by atoms with Crippen molar-refractivity contribution in [2.24, 2.45) is 0 Å². The molecule has 0 fully saturated rings. The van der Waals surface area contributed by atoms with Gasteiger partial charge in [-0.15, -0.1) is 0 Å². The molecule has 0 saturated heterocycles. The van der Waals surface area contributed by atoms with E-state index in [1.54, 1.807) is 30.9 Å². The second-order valence-electron chi connectivity index (χ2n) is 4.73. The van der Waals surface area contributed by atoms with Gasteiger partial charge in [0, 0.05) is 30.8 Å². The molecule has 0 aliphatic heterocycles. The van der Waals surface area contributed by atoms with Gasteiger partial charge in [0.2, 0.25) is 0 Å². The molecule has 0 aliphatic carbocycles. The highest BCUT2D eigenvalue weighted by atomic mass is 16.2. The smallest absolute Gasteiger partial charge is 0.324 e. The molecule has 0 unspecified atom stereocenters. The van der Waals surface area contributed by atoms with Crippen LogP contribution in [0.15, 0.2) is 67.4 Å². The number of nitrogens with zero attached hydrogens (tertiary/aromatic N) is 3. The third-order valence-corrected chi connectivity index (χ3v) is 3.04. The normalized spacial score (nSPS) is 10.2. The first kappa shape index (κ1) is 13.8. The maximum absolute atomic E-state index is 11.8. The molecule has 6 heteroatoms. The quantitative estimate of drug-likeness (QED) is 0.776. The van der Waals surface area contributed by atoms with Crippen molar-refractivity contribution in [2.75, 3.05) is 10.6 Å². The molecule has 3 aromatic rings. The Kier molecular flexibility index (Phi) is 4.10. The van der Waals surface area contributed by atoms with Gasteiger partial charge in [0.05, 0.1) is 6.33 Å². The number of urea groups is 1. The Morgan fingerprint density at radius 1 is 1.05 bits per heavy atom. The first-order valence-electron chi connectivity index (χ1n) is 6.83. The Bertz CT molecular complexity index is 723. The molecule has 0 bridgehead atoms. The van der Waals surface area contributed by atoms with E-state index in [0.29, 0.717) is 5.82 Å². The van der Waals surface area contributed by atoms with Gasteiger partial charge in [-0.3, -0.25) is 5.32 Å². The fourth-order valence-electron chi connectivity index (χ4n) is 2.00. The molecule has 2 heterocycles. The van der Waals surface area contributed by atoms with Crippen LogP contribution in [0.2, 0.25) is 0 Å². The van der Waals surface area contributed by atoms with Gasteiger partial charge in [0.1, 0.15) is 5.82 Å². The summed E-state index contributed by atoms with van der Waals surface area (Å²) in [4.78, 5) is 19.9. The van der Waals surface area contributed by atoms with Crippen molar-refractivity contribution in [1.82, 2.24) is 14.5 Å². The molecule has 2 aromatic heterocycles. The SMILES string of the molecule is O=C(Nc1ccc(Cn2ccnc2)cc1)Nc1ccccn1. The van der Waals surface area contributed by atoms with E-state index in [2.05, 4.69) is 20.6 Å². The Hall–Kier alpha value is -3.15. The van der Waals surface area contributed by atoms with E-state index in [1.165, 1.54) is 0 Å². The van der Waals surface area contributed by atoms with Gasteiger partial charge in [-0.05, 0) is 29.8 Å². The van der Waals surface area contributed by atoms with Crippen molar-refractivity contribution in [1.29, 1.82) is 0 Å². The Labute approximate surface area is 127 Å². The van der Waals surface area contributed by atoms with Crippen molar-refractivity contribution in [3.8, 4) is 0 Å². The number of hydrogen-bond donors (Lipinski definition) is 2. The van der Waals surface area contributed by atoms with E-state index in [-0.39, 0.29) is 6.03 Å². The lowest BCUT2D eigenvalue weighted by Gasteiger charge is -2.08. The second kappa shape index (κ2) is 6.53. The number of amides is 2. The van der Waals surface area contributed by atoms with Gasteiger partial charge < -0.3 is 9.88 Å². The van der Waals surface area contributed by atoms with Crippen molar-refractivity contribution in [3.05, 3.63) is 72.9 Å². The van der Waals surface area contributed by atoms with Crippen LogP contribution < -0.4 is 10.6 Å². The van der Waals surface area contributed by atoms with Crippen LogP contribution in [-0.4, -0.2) is 20.6 Å². The fraction of sp³-hybridized carbons (Fsp3) is 0.0625. The average molecular weight is 293 g/mol. The predicted molar refractivity (Wildman–Crippen MR) is 84.6 cm³/mol. The van der Waals surface area contributed by atoms with E-state index in [1.807, 2.05) is 41.1 Å². The number of benzene rings is 1. The number of pyridine rings is 1. The zero-order valence-corrected chi connectivity index (χ0v) is 11.8. The summed E-state index contributed by atoms with van der Waals surface area (Å²) in [5, 5.41) is 5.44. The zero-order valence-electron chi connectivity index (χ0n) is 11.8. The molecular formula is C16H15N5O. The van der Waals surface area contributed by atoms with Gasteiger partial charge in [-0.2, -0.15) is 0 Å². The zero-order chi connectivity index (χ0) is 15.2. The third kappa shape index (κ3) is 3.69. The minimum Gasteiger partial charge on any atom is -0.333 e. The number of hydrogen-bond acceptors (Lipinski definition) is 3. The van der Waals surface area contributed by atoms with E-state index in [4.69, 9.17) is 0 Å².